The van der Waals surface area contributed by atoms with Crippen molar-refractivity contribution >= 4 is 17.8 Å². The van der Waals surface area contributed by atoms with Crippen molar-refractivity contribution in [3.63, 3.8) is 0 Å². The molecule has 6 nitrogen and oxygen atoms in total. The van der Waals surface area contributed by atoms with Gasteiger partial charge in [-0.2, -0.15) is 0 Å². The molecule has 2 N–H and O–H groups in total. The van der Waals surface area contributed by atoms with Gasteiger partial charge in [0, 0.05) is 32.3 Å². The Morgan fingerprint density at radius 1 is 1.35 bits per heavy atom. The number of rotatable bonds is 3. The molecule has 0 radical (unpaired) electrons. The molecule has 1 unspecified atom stereocenters. The number of amides is 2. The molecule has 6 heteroatoms. The third-order valence-corrected chi connectivity index (χ3v) is 2.93. The van der Waals surface area contributed by atoms with Gasteiger partial charge >= 0.3 is 5.97 Å². The second-order valence-electron chi connectivity index (χ2n) is 4.32. The average Bonchev–Trinajstić information content (AvgIpc) is 2.69. The van der Waals surface area contributed by atoms with Gasteiger partial charge in [-0.3, -0.25) is 9.59 Å². The van der Waals surface area contributed by atoms with Crippen LogP contribution in [0.2, 0.25) is 0 Å². The Labute approximate surface area is 99.3 Å². The van der Waals surface area contributed by atoms with Crippen LogP contribution in [0.3, 0.4) is 0 Å². The van der Waals surface area contributed by atoms with E-state index in [1.807, 2.05) is 0 Å². The van der Waals surface area contributed by atoms with E-state index in [1.165, 1.54) is 4.90 Å². The van der Waals surface area contributed by atoms with Gasteiger partial charge in [-0.05, 0) is 13.3 Å². The lowest BCUT2D eigenvalue weighted by Gasteiger charge is -2.22. The van der Waals surface area contributed by atoms with Crippen LogP contribution in [0.1, 0.15) is 13.3 Å². The number of hydrogen-bond acceptors (Lipinski definition) is 3. The fraction of sp³-hybridized carbons (Fsp3) is 0.545. The third kappa shape index (κ3) is 3.05. The van der Waals surface area contributed by atoms with E-state index in [0.29, 0.717) is 19.5 Å². The third-order valence-electron chi connectivity index (χ3n) is 2.93. The van der Waals surface area contributed by atoms with Crippen molar-refractivity contribution < 1.29 is 19.5 Å². The molecule has 1 atom stereocenters. The molecule has 0 saturated carbocycles. The minimum Gasteiger partial charge on any atom is -0.478 e. The van der Waals surface area contributed by atoms with Crippen LogP contribution in [0.4, 0.5) is 0 Å². The lowest BCUT2D eigenvalue weighted by Crippen LogP contribution is -2.40. The lowest BCUT2D eigenvalue weighted by atomic mass is 9.89. The molecule has 1 fully saturated rings. The standard InChI is InChI=1S/C11H16N2O4/c1-11(10(17)12-2)5-6-13(7-11)8(14)3-4-9(15)16/h3-4H,5-7H2,1-2H3,(H,12,17)(H,15,16)/b4-3+. The van der Waals surface area contributed by atoms with E-state index >= 15 is 0 Å². The summed E-state index contributed by atoms with van der Waals surface area (Å²) < 4.78 is 0. The molecule has 2 amide bonds. The molecule has 1 rings (SSSR count). The van der Waals surface area contributed by atoms with Crippen LogP contribution in [0, 0.1) is 5.41 Å². The normalized spacial score (nSPS) is 24.0. The fourth-order valence-corrected chi connectivity index (χ4v) is 1.88. The summed E-state index contributed by atoms with van der Waals surface area (Å²) in [6, 6.07) is 0. The number of aliphatic carboxylic acids is 1. The van der Waals surface area contributed by atoms with E-state index in [-0.39, 0.29) is 11.8 Å². The molecule has 1 aliphatic heterocycles. The molecular formula is C11H16N2O4. The van der Waals surface area contributed by atoms with E-state index in [9.17, 15) is 14.4 Å². The van der Waals surface area contributed by atoms with E-state index < -0.39 is 11.4 Å². The zero-order valence-electron chi connectivity index (χ0n) is 9.90. The molecule has 94 valence electrons. The zero-order chi connectivity index (χ0) is 13.1. The predicted molar refractivity (Wildman–Crippen MR) is 60.1 cm³/mol. The van der Waals surface area contributed by atoms with Crippen LogP contribution in [-0.2, 0) is 14.4 Å². The maximum Gasteiger partial charge on any atom is 0.328 e. The van der Waals surface area contributed by atoms with Gasteiger partial charge < -0.3 is 15.3 Å². The van der Waals surface area contributed by atoms with Crippen LogP contribution >= 0.6 is 0 Å². The molecule has 17 heavy (non-hydrogen) atoms. The van der Waals surface area contributed by atoms with Crippen LogP contribution in [-0.4, -0.2) is 47.9 Å². The molecule has 1 aliphatic rings. The minimum absolute atomic E-state index is 0.102. The summed E-state index contributed by atoms with van der Waals surface area (Å²) in [4.78, 5) is 35.0. The Kier molecular flexibility index (Phi) is 3.88. The van der Waals surface area contributed by atoms with Crippen molar-refractivity contribution in [3.8, 4) is 0 Å². The van der Waals surface area contributed by atoms with Gasteiger partial charge in [-0.1, -0.05) is 0 Å². The van der Waals surface area contributed by atoms with Crippen molar-refractivity contribution in [3.05, 3.63) is 12.2 Å². The maximum atomic E-state index is 11.6. The quantitative estimate of drug-likeness (QED) is 0.658. The van der Waals surface area contributed by atoms with Crippen molar-refractivity contribution in [2.45, 2.75) is 13.3 Å². The largest absolute Gasteiger partial charge is 0.478 e. The molecule has 0 bridgehead atoms. The summed E-state index contributed by atoms with van der Waals surface area (Å²) in [5, 5.41) is 11.0. The Bertz CT molecular complexity index is 378. The molecular weight excluding hydrogens is 224 g/mol. The average molecular weight is 240 g/mol. The Hall–Kier alpha value is -1.85. The highest BCUT2D eigenvalue weighted by Crippen LogP contribution is 2.30. The SMILES string of the molecule is CNC(=O)C1(C)CCN(C(=O)/C=C/C(=O)O)C1. The van der Waals surface area contributed by atoms with Gasteiger partial charge in [0.05, 0.1) is 5.41 Å². The van der Waals surface area contributed by atoms with Crippen molar-refractivity contribution in [2.75, 3.05) is 20.1 Å². The number of carbonyl (C=O) groups excluding carboxylic acids is 2. The first-order chi connectivity index (χ1) is 7.89. The first-order valence-corrected chi connectivity index (χ1v) is 5.31. The van der Waals surface area contributed by atoms with Gasteiger partial charge in [0.2, 0.25) is 11.8 Å². The topological polar surface area (TPSA) is 86.7 Å². The first-order valence-electron chi connectivity index (χ1n) is 5.31. The Morgan fingerprint density at radius 3 is 2.53 bits per heavy atom. The Morgan fingerprint density at radius 2 is 2.00 bits per heavy atom. The van der Waals surface area contributed by atoms with Gasteiger partial charge in [0.1, 0.15) is 0 Å². The number of nitrogens with zero attached hydrogens (tertiary/aromatic N) is 1. The number of carboxylic acids is 1. The van der Waals surface area contributed by atoms with Crippen molar-refractivity contribution in [1.82, 2.24) is 10.2 Å². The number of nitrogens with one attached hydrogen (secondary N) is 1. The van der Waals surface area contributed by atoms with E-state index in [4.69, 9.17) is 5.11 Å². The summed E-state index contributed by atoms with van der Waals surface area (Å²) in [5.41, 5.74) is -0.582. The smallest absolute Gasteiger partial charge is 0.328 e. The zero-order valence-corrected chi connectivity index (χ0v) is 9.90. The van der Waals surface area contributed by atoms with E-state index in [1.54, 1.807) is 14.0 Å². The summed E-state index contributed by atoms with van der Waals surface area (Å²) in [7, 11) is 1.56. The molecule has 0 spiro atoms. The molecule has 0 aromatic heterocycles. The lowest BCUT2D eigenvalue weighted by molar-refractivity contribution is -0.133. The predicted octanol–water partition coefficient (Wildman–Crippen LogP) is -0.388. The maximum absolute atomic E-state index is 11.6. The fourth-order valence-electron chi connectivity index (χ4n) is 1.88. The van der Waals surface area contributed by atoms with Gasteiger partial charge in [-0.25, -0.2) is 4.79 Å². The van der Waals surface area contributed by atoms with E-state index in [2.05, 4.69) is 5.32 Å². The second-order valence-corrected chi connectivity index (χ2v) is 4.32. The number of carbonyl (C=O) groups is 3. The number of likely N-dealkylation sites (tertiary alicyclic amines) is 1. The van der Waals surface area contributed by atoms with Gasteiger partial charge in [-0.15, -0.1) is 0 Å². The molecule has 0 aromatic rings. The highest BCUT2D eigenvalue weighted by molar-refractivity contribution is 5.94. The summed E-state index contributed by atoms with van der Waals surface area (Å²) >= 11 is 0. The van der Waals surface area contributed by atoms with Crippen molar-refractivity contribution in [1.29, 1.82) is 0 Å². The minimum atomic E-state index is -1.16. The van der Waals surface area contributed by atoms with Gasteiger partial charge in [0.25, 0.3) is 0 Å². The summed E-state index contributed by atoms with van der Waals surface area (Å²) in [6.07, 6.45) is 2.40. The highest BCUT2D eigenvalue weighted by Gasteiger charge is 2.40. The summed E-state index contributed by atoms with van der Waals surface area (Å²) in [5.74, 6) is -1.64. The molecule has 1 heterocycles. The van der Waals surface area contributed by atoms with Crippen molar-refractivity contribution in [2.24, 2.45) is 5.41 Å². The molecule has 0 aliphatic carbocycles. The highest BCUT2D eigenvalue weighted by atomic mass is 16.4. The number of carboxylic acid groups (broad SMARTS) is 1. The number of hydrogen-bond donors (Lipinski definition) is 2. The Balaban J connectivity index is 2.64. The second kappa shape index (κ2) is 4.99. The van der Waals surface area contributed by atoms with Crippen LogP contribution in [0.5, 0.6) is 0 Å². The monoisotopic (exact) mass is 240 g/mol. The van der Waals surface area contributed by atoms with E-state index in [0.717, 1.165) is 12.2 Å². The van der Waals surface area contributed by atoms with Crippen LogP contribution in [0.15, 0.2) is 12.2 Å². The molecule has 1 saturated heterocycles. The van der Waals surface area contributed by atoms with Crippen LogP contribution in [0.25, 0.3) is 0 Å². The molecule has 0 aromatic carbocycles. The van der Waals surface area contributed by atoms with Gasteiger partial charge in [0.15, 0.2) is 0 Å². The van der Waals surface area contributed by atoms with Crippen LogP contribution < -0.4 is 5.32 Å². The first kappa shape index (κ1) is 13.2. The summed E-state index contributed by atoms with van der Waals surface area (Å²) in [6.45, 7) is 2.57.